The molecule has 0 heterocycles. The molecule has 0 aromatic heterocycles. The van der Waals surface area contributed by atoms with Crippen LogP contribution in [0.4, 0.5) is 0 Å². The molecule has 0 aliphatic heterocycles. The number of aliphatic hydroxyl groups is 2. The van der Waals surface area contributed by atoms with Crippen LogP contribution in [0.25, 0.3) is 0 Å². The molecule has 0 aromatic rings. The summed E-state index contributed by atoms with van der Waals surface area (Å²) in [7, 11) is 0. The third-order valence-corrected chi connectivity index (χ3v) is 8.24. The summed E-state index contributed by atoms with van der Waals surface area (Å²) in [6.07, 6.45) is 32.6. The standard InChI is InChI=1S/C40H56O2/c1-29(17-13-19-31(3)21-23-37-33(5)25-35(41)27-39(37,7)8)15-11-12-16-30(2)18-14-20-32(4)22-24-38-34(6)26-36(42)28-40(38,9)10/h11-24,35-36,41-42H,25-28H2,1-10H3/b12-11+,17-13-,18-14+,23-21+,24-22-,29-15+,30-16+,31-19-,32-20+/t35-,36-/m1/s1. The van der Waals surface area contributed by atoms with Crippen LogP contribution >= 0.6 is 0 Å². The van der Waals surface area contributed by atoms with Gasteiger partial charge in [0.1, 0.15) is 0 Å². The van der Waals surface area contributed by atoms with Crippen molar-refractivity contribution < 1.29 is 10.2 Å². The van der Waals surface area contributed by atoms with E-state index in [4.69, 9.17) is 0 Å². The lowest BCUT2D eigenvalue weighted by Gasteiger charge is -2.35. The minimum atomic E-state index is -0.227. The minimum absolute atomic E-state index is 0.00547. The summed E-state index contributed by atoms with van der Waals surface area (Å²) >= 11 is 0. The van der Waals surface area contributed by atoms with Gasteiger partial charge in [-0.15, -0.1) is 0 Å². The van der Waals surface area contributed by atoms with E-state index in [1.807, 2.05) is 0 Å². The van der Waals surface area contributed by atoms with Crippen LogP contribution < -0.4 is 0 Å². The van der Waals surface area contributed by atoms with Gasteiger partial charge in [-0.1, -0.05) is 146 Å². The zero-order valence-corrected chi connectivity index (χ0v) is 28.0. The first kappa shape index (κ1) is 35.3. The van der Waals surface area contributed by atoms with Crippen molar-refractivity contribution in [2.24, 2.45) is 10.8 Å². The SMILES string of the molecule is CC1=C(\C=C/C(C)=C/C=C/C(C)=C/C=C/C=C(C)/C=C\C=C(C)/C=C/C2=C(C)C[C@@H](O)CC2(C)C)C(C)(C)C[C@H](O)C1. The normalized spacial score (nSPS) is 25.0. The van der Waals surface area contributed by atoms with Gasteiger partial charge in [-0.3, -0.25) is 0 Å². The molecule has 0 amide bonds. The number of allylic oxidation sites excluding steroid dienone is 20. The Morgan fingerprint density at radius 1 is 0.548 bits per heavy atom. The molecule has 2 rings (SSSR count). The van der Waals surface area contributed by atoms with Crippen molar-refractivity contribution in [1.29, 1.82) is 0 Å². The molecule has 2 nitrogen and oxygen atoms in total. The van der Waals surface area contributed by atoms with Gasteiger partial charge in [-0.05, 0) is 89.2 Å². The first-order valence-electron chi connectivity index (χ1n) is 15.5. The molecule has 228 valence electrons. The van der Waals surface area contributed by atoms with E-state index < -0.39 is 0 Å². The fourth-order valence-corrected chi connectivity index (χ4v) is 6.13. The molecule has 0 saturated carbocycles. The average molecular weight is 569 g/mol. The summed E-state index contributed by atoms with van der Waals surface area (Å²) in [5.74, 6) is 0. The predicted molar refractivity (Wildman–Crippen MR) is 184 cm³/mol. The lowest BCUT2D eigenvalue weighted by atomic mass is 9.71. The molecular weight excluding hydrogens is 512 g/mol. The molecule has 0 fully saturated rings. The molecule has 0 aromatic carbocycles. The lowest BCUT2D eigenvalue weighted by molar-refractivity contribution is 0.116. The number of aliphatic hydroxyl groups excluding tert-OH is 2. The smallest absolute Gasteiger partial charge is 0.0585 e. The van der Waals surface area contributed by atoms with Crippen molar-refractivity contribution in [2.75, 3.05) is 0 Å². The van der Waals surface area contributed by atoms with E-state index in [0.29, 0.717) is 0 Å². The van der Waals surface area contributed by atoms with E-state index >= 15 is 0 Å². The highest BCUT2D eigenvalue weighted by Gasteiger charge is 2.32. The molecule has 0 saturated heterocycles. The van der Waals surface area contributed by atoms with E-state index in [1.165, 1.54) is 44.6 Å². The van der Waals surface area contributed by atoms with Gasteiger partial charge in [0.05, 0.1) is 12.2 Å². The van der Waals surface area contributed by atoms with Crippen molar-refractivity contribution in [3.05, 3.63) is 130 Å². The Bertz CT molecular complexity index is 1190. The number of rotatable bonds is 10. The Kier molecular flexibility index (Phi) is 13.5. The Labute approximate surface area is 257 Å². The van der Waals surface area contributed by atoms with Gasteiger partial charge < -0.3 is 10.2 Å². The molecule has 2 heteroatoms. The van der Waals surface area contributed by atoms with E-state index in [1.54, 1.807) is 0 Å². The highest BCUT2D eigenvalue weighted by Crippen LogP contribution is 2.42. The quantitative estimate of drug-likeness (QED) is 0.257. The molecule has 2 aliphatic carbocycles. The molecule has 0 spiro atoms. The van der Waals surface area contributed by atoms with E-state index in [0.717, 1.165) is 25.7 Å². The minimum Gasteiger partial charge on any atom is -0.393 e. The summed E-state index contributed by atoms with van der Waals surface area (Å²) in [5.41, 5.74) is 10.1. The highest BCUT2D eigenvalue weighted by molar-refractivity contribution is 5.39. The number of hydrogen-bond donors (Lipinski definition) is 2. The van der Waals surface area contributed by atoms with Crippen LogP contribution in [0.1, 0.15) is 94.9 Å². The maximum absolute atomic E-state index is 10.1. The van der Waals surface area contributed by atoms with Gasteiger partial charge in [-0.2, -0.15) is 0 Å². The molecule has 0 bridgehead atoms. The van der Waals surface area contributed by atoms with E-state index in [2.05, 4.69) is 154 Å². The average Bonchev–Trinajstić information content (AvgIpc) is 2.84. The fourth-order valence-electron chi connectivity index (χ4n) is 6.13. The molecule has 2 N–H and O–H groups in total. The van der Waals surface area contributed by atoms with Crippen molar-refractivity contribution in [2.45, 2.75) is 107 Å². The first-order valence-corrected chi connectivity index (χ1v) is 15.5. The highest BCUT2D eigenvalue weighted by atomic mass is 16.3. The Morgan fingerprint density at radius 3 is 1.19 bits per heavy atom. The Hall–Kier alpha value is -2.94. The zero-order chi connectivity index (χ0) is 31.5. The first-order chi connectivity index (χ1) is 19.6. The predicted octanol–water partition coefficient (Wildman–Crippen LogP) is 10.5. The van der Waals surface area contributed by atoms with Crippen molar-refractivity contribution >= 4 is 0 Å². The summed E-state index contributed by atoms with van der Waals surface area (Å²) in [6, 6.07) is 0. The van der Waals surface area contributed by atoms with E-state index in [-0.39, 0.29) is 23.0 Å². The van der Waals surface area contributed by atoms with Crippen molar-refractivity contribution in [3.63, 3.8) is 0 Å². The Balaban J connectivity index is 1.90. The van der Waals surface area contributed by atoms with Crippen LogP contribution in [0, 0.1) is 10.8 Å². The van der Waals surface area contributed by atoms with Crippen LogP contribution in [0.2, 0.25) is 0 Å². The van der Waals surface area contributed by atoms with Gasteiger partial charge in [0, 0.05) is 0 Å². The second kappa shape index (κ2) is 16.1. The molecular formula is C40H56O2. The second-order valence-electron chi connectivity index (χ2n) is 13.7. The summed E-state index contributed by atoms with van der Waals surface area (Å²) in [6.45, 7) is 21.6. The van der Waals surface area contributed by atoms with Crippen LogP contribution in [-0.4, -0.2) is 22.4 Å². The van der Waals surface area contributed by atoms with Crippen LogP contribution in [0.15, 0.2) is 130 Å². The van der Waals surface area contributed by atoms with Crippen molar-refractivity contribution in [1.82, 2.24) is 0 Å². The van der Waals surface area contributed by atoms with Gasteiger partial charge in [0.25, 0.3) is 0 Å². The topological polar surface area (TPSA) is 40.5 Å². The van der Waals surface area contributed by atoms with Crippen LogP contribution in [0.3, 0.4) is 0 Å². The Morgan fingerprint density at radius 2 is 0.857 bits per heavy atom. The maximum Gasteiger partial charge on any atom is 0.0585 e. The molecule has 0 radical (unpaired) electrons. The maximum atomic E-state index is 10.1. The van der Waals surface area contributed by atoms with Crippen LogP contribution in [0.5, 0.6) is 0 Å². The third kappa shape index (κ3) is 11.7. The van der Waals surface area contributed by atoms with Crippen molar-refractivity contribution in [3.8, 4) is 0 Å². The summed E-state index contributed by atoms with van der Waals surface area (Å²) in [5, 5.41) is 20.2. The van der Waals surface area contributed by atoms with E-state index in [9.17, 15) is 10.2 Å². The monoisotopic (exact) mass is 568 g/mol. The largest absolute Gasteiger partial charge is 0.393 e. The fraction of sp³-hybridized carbons (Fsp3) is 0.450. The summed E-state index contributed by atoms with van der Waals surface area (Å²) in [4.78, 5) is 0. The van der Waals surface area contributed by atoms with Gasteiger partial charge in [0.15, 0.2) is 0 Å². The molecule has 2 aliphatic rings. The van der Waals surface area contributed by atoms with Gasteiger partial charge in [0.2, 0.25) is 0 Å². The van der Waals surface area contributed by atoms with Gasteiger partial charge in [-0.25, -0.2) is 0 Å². The number of hydrogen-bond acceptors (Lipinski definition) is 2. The summed E-state index contributed by atoms with van der Waals surface area (Å²) < 4.78 is 0. The molecule has 42 heavy (non-hydrogen) atoms. The zero-order valence-electron chi connectivity index (χ0n) is 28.0. The molecule has 2 atom stereocenters. The second-order valence-corrected chi connectivity index (χ2v) is 13.7. The third-order valence-electron chi connectivity index (χ3n) is 8.24. The van der Waals surface area contributed by atoms with Gasteiger partial charge >= 0.3 is 0 Å². The lowest BCUT2D eigenvalue weighted by Crippen LogP contribution is -2.28. The molecule has 0 unspecified atom stereocenters. The van der Waals surface area contributed by atoms with Crippen LogP contribution in [-0.2, 0) is 0 Å².